The minimum atomic E-state index is 0.793. The molecular weight excluding hydrogens is 262 g/mol. The molecule has 118 valence electrons. The van der Waals surface area contributed by atoms with E-state index in [-0.39, 0.29) is 0 Å². The fourth-order valence-electron chi connectivity index (χ4n) is 3.68. The first kappa shape index (κ1) is 15.1. The quantitative estimate of drug-likeness (QED) is 0.872. The number of hydrogen-bond donors (Lipinski definition) is 1. The first-order chi connectivity index (χ1) is 10.3. The van der Waals surface area contributed by atoms with Crippen molar-refractivity contribution in [3.63, 3.8) is 0 Å². The van der Waals surface area contributed by atoms with E-state index in [1.54, 1.807) is 0 Å². The van der Waals surface area contributed by atoms with Crippen molar-refractivity contribution in [2.75, 3.05) is 32.7 Å². The molecule has 0 saturated carbocycles. The maximum absolute atomic E-state index is 5.85. The number of likely N-dealkylation sites (tertiary alicyclic amines) is 2. The number of aryl methyl sites for hydroxylation is 1. The van der Waals surface area contributed by atoms with Crippen molar-refractivity contribution < 1.29 is 4.42 Å². The topological polar surface area (TPSA) is 31.6 Å². The van der Waals surface area contributed by atoms with Gasteiger partial charge in [0, 0.05) is 31.2 Å². The Morgan fingerprint density at radius 2 is 2.10 bits per heavy atom. The molecule has 1 N–H and O–H groups in total. The summed E-state index contributed by atoms with van der Waals surface area (Å²) in [4.78, 5) is 5.29. The minimum Gasteiger partial charge on any atom is -0.465 e. The van der Waals surface area contributed by atoms with Gasteiger partial charge in [-0.15, -0.1) is 0 Å². The molecule has 2 saturated heterocycles. The Kier molecular flexibility index (Phi) is 4.99. The van der Waals surface area contributed by atoms with Gasteiger partial charge in [-0.05, 0) is 51.9 Å². The van der Waals surface area contributed by atoms with Crippen molar-refractivity contribution in [1.29, 1.82) is 0 Å². The molecule has 0 aliphatic carbocycles. The lowest BCUT2D eigenvalue weighted by Crippen LogP contribution is -2.35. The molecule has 1 unspecified atom stereocenters. The molecule has 2 aliphatic heterocycles. The highest BCUT2D eigenvalue weighted by Gasteiger charge is 2.29. The monoisotopic (exact) mass is 291 g/mol. The largest absolute Gasteiger partial charge is 0.465 e. The van der Waals surface area contributed by atoms with Crippen molar-refractivity contribution in [2.24, 2.45) is 0 Å². The molecule has 4 heteroatoms. The van der Waals surface area contributed by atoms with Gasteiger partial charge >= 0.3 is 0 Å². The van der Waals surface area contributed by atoms with E-state index in [1.807, 2.05) is 0 Å². The molecule has 3 rings (SSSR count). The van der Waals surface area contributed by atoms with E-state index in [2.05, 4.69) is 35.0 Å². The van der Waals surface area contributed by atoms with Crippen LogP contribution in [0.4, 0.5) is 0 Å². The summed E-state index contributed by atoms with van der Waals surface area (Å²) in [6.45, 7) is 12.2. The van der Waals surface area contributed by atoms with Gasteiger partial charge in [0.25, 0.3) is 0 Å². The number of hydrogen-bond acceptors (Lipinski definition) is 4. The van der Waals surface area contributed by atoms with Gasteiger partial charge in [-0.1, -0.05) is 6.92 Å². The molecule has 2 aliphatic rings. The van der Waals surface area contributed by atoms with Crippen LogP contribution in [0.1, 0.15) is 43.3 Å². The average Bonchev–Trinajstić information content (AvgIpc) is 3.18. The van der Waals surface area contributed by atoms with Crippen LogP contribution in [-0.4, -0.2) is 48.6 Å². The standard InChI is InChI=1S/C17H29N3O/c1-3-18-11-17-10-15(14(2)21-17)12-19-9-6-16(13-19)20-7-4-5-8-20/h10,16,18H,3-9,11-13H2,1-2H3. The lowest BCUT2D eigenvalue weighted by atomic mass is 10.2. The first-order valence-corrected chi connectivity index (χ1v) is 8.51. The van der Waals surface area contributed by atoms with Crippen LogP contribution in [0.25, 0.3) is 0 Å². The summed E-state index contributed by atoms with van der Waals surface area (Å²) in [6.07, 6.45) is 4.12. The molecule has 4 nitrogen and oxygen atoms in total. The van der Waals surface area contributed by atoms with Gasteiger partial charge in [-0.2, -0.15) is 0 Å². The van der Waals surface area contributed by atoms with Crippen molar-refractivity contribution in [2.45, 2.75) is 52.2 Å². The normalized spacial score (nSPS) is 24.2. The molecule has 2 fully saturated rings. The zero-order valence-electron chi connectivity index (χ0n) is 13.5. The molecule has 1 aromatic heterocycles. The highest BCUT2D eigenvalue weighted by atomic mass is 16.3. The van der Waals surface area contributed by atoms with Crippen molar-refractivity contribution in [3.05, 3.63) is 23.2 Å². The van der Waals surface area contributed by atoms with E-state index < -0.39 is 0 Å². The lowest BCUT2D eigenvalue weighted by Gasteiger charge is -2.23. The third kappa shape index (κ3) is 3.68. The Hall–Kier alpha value is -0.840. The summed E-state index contributed by atoms with van der Waals surface area (Å²) in [5, 5.41) is 3.33. The SMILES string of the molecule is CCNCc1cc(CN2CCC(N3CCCC3)C2)c(C)o1. The second-order valence-electron chi connectivity index (χ2n) is 6.50. The van der Waals surface area contributed by atoms with Crippen molar-refractivity contribution in [3.8, 4) is 0 Å². The van der Waals surface area contributed by atoms with Gasteiger partial charge in [0.15, 0.2) is 0 Å². The van der Waals surface area contributed by atoms with Crippen LogP contribution in [0.5, 0.6) is 0 Å². The van der Waals surface area contributed by atoms with Gasteiger partial charge in [0.1, 0.15) is 11.5 Å². The van der Waals surface area contributed by atoms with Crippen LogP contribution in [0, 0.1) is 6.92 Å². The Balaban J connectivity index is 1.53. The smallest absolute Gasteiger partial charge is 0.118 e. The van der Waals surface area contributed by atoms with Crippen LogP contribution in [0.3, 0.4) is 0 Å². The van der Waals surface area contributed by atoms with E-state index in [9.17, 15) is 0 Å². The van der Waals surface area contributed by atoms with E-state index in [0.29, 0.717) is 0 Å². The fraction of sp³-hybridized carbons (Fsp3) is 0.765. The molecule has 0 amide bonds. The number of nitrogens with zero attached hydrogens (tertiary/aromatic N) is 2. The van der Waals surface area contributed by atoms with Gasteiger partial charge in [-0.25, -0.2) is 0 Å². The van der Waals surface area contributed by atoms with Crippen molar-refractivity contribution >= 4 is 0 Å². The maximum atomic E-state index is 5.85. The number of rotatable bonds is 6. The number of furan rings is 1. The van der Waals surface area contributed by atoms with E-state index in [1.165, 1.54) is 51.0 Å². The lowest BCUT2D eigenvalue weighted by molar-refractivity contribution is 0.229. The molecule has 3 heterocycles. The van der Waals surface area contributed by atoms with E-state index >= 15 is 0 Å². The van der Waals surface area contributed by atoms with Gasteiger partial charge in [0.05, 0.1) is 6.54 Å². The predicted molar refractivity (Wildman–Crippen MR) is 85.3 cm³/mol. The zero-order valence-corrected chi connectivity index (χ0v) is 13.5. The Morgan fingerprint density at radius 3 is 2.86 bits per heavy atom. The molecule has 0 radical (unpaired) electrons. The van der Waals surface area contributed by atoms with Crippen LogP contribution in [0.2, 0.25) is 0 Å². The summed E-state index contributed by atoms with van der Waals surface area (Å²) in [5.74, 6) is 2.16. The second kappa shape index (κ2) is 6.95. The highest BCUT2D eigenvalue weighted by Crippen LogP contribution is 2.23. The van der Waals surface area contributed by atoms with Gasteiger partial charge < -0.3 is 9.73 Å². The first-order valence-electron chi connectivity index (χ1n) is 8.51. The molecule has 0 bridgehead atoms. The molecule has 1 atom stereocenters. The van der Waals surface area contributed by atoms with Crippen molar-refractivity contribution in [1.82, 2.24) is 15.1 Å². The van der Waals surface area contributed by atoms with E-state index in [4.69, 9.17) is 4.42 Å². The summed E-state index contributed by atoms with van der Waals surface area (Å²) < 4.78 is 5.85. The highest BCUT2D eigenvalue weighted by molar-refractivity contribution is 5.21. The maximum Gasteiger partial charge on any atom is 0.118 e. The molecular formula is C17H29N3O. The molecule has 21 heavy (non-hydrogen) atoms. The fourth-order valence-corrected chi connectivity index (χ4v) is 3.68. The summed E-state index contributed by atoms with van der Waals surface area (Å²) in [7, 11) is 0. The molecule has 0 aromatic carbocycles. The van der Waals surface area contributed by atoms with Gasteiger partial charge in [0.2, 0.25) is 0 Å². The zero-order chi connectivity index (χ0) is 14.7. The van der Waals surface area contributed by atoms with E-state index in [0.717, 1.165) is 37.2 Å². The van der Waals surface area contributed by atoms with Crippen LogP contribution in [0.15, 0.2) is 10.5 Å². The molecule has 0 spiro atoms. The summed E-state index contributed by atoms with van der Waals surface area (Å²) in [6, 6.07) is 3.03. The predicted octanol–water partition coefficient (Wildman–Crippen LogP) is 2.37. The third-order valence-corrected chi connectivity index (χ3v) is 4.92. The van der Waals surface area contributed by atoms with Gasteiger partial charge in [-0.3, -0.25) is 9.80 Å². The average molecular weight is 291 g/mol. The Morgan fingerprint density at radius 1 is 1.29 bits per heavy atom. The number of nitrogens with one attached hydrogen (secondary N) is 1. The third-order valence-electron chi connectivity index (χ3n) is 4.92. The Labute approximate surface area is 128 Å². The van der Waals surface area contributed by atoms with Crippen LogP contribution >= 0.6 is 0 Å². The summed E-state index contributed by atoms with van der Waals surface area (Å²) >= 11 is 0. The minimum absolute atomic E-state index is 0.793. The summed E-state index contributed by atoms with van der Waals surface area (Å²) in [5.41, 5.74) is 1.37. The second-order valence-corrected chi connectivity index (χ2v) is 6.50. The Bertz CT molecular complexity index is 451. The van der Waals surface area contributed by atoms with Crippen LogP contribution in [-0.2, 0) is 13.1 Å². The molecule has 1 aromatic rings. The van der Waals surface area contributed by atoms with Crippen LogP contribution < -0.4 is 5.32 Å².